The Morgan fingerprint density at radius 2 is 1.26 bits per heavy atom. The molecule has 0 aliphatic heterocycles. The monoisotopic (exact) mass is 327 g/mol. The van der Waals surface area contributed by atoms with E-state index in [-0.39, 0.29) is 19.1 Å². The number of hydrogen-bond donors (Lipinski definition) is 3. The molecule has 0 radical (unpaired) electrons. The molecule has 2 fully saturated rings. The van der Waals surface area contributed by atoms with Crippen molar-refractivity contribution in [3.8, 4) is 0 Å². The number of rotatable bonds is 8. The molecule has 0 unspecified atom stereocenters. The third-order valence-corrected chi connectivity index (χ3v) is 5.56. The van der Waals surface area contributed by atoms with Gasteiger partial charge in [0.15, 0.2) is 6.54 Å². The fourth-order valence-electron chi connectivity index (χ4n) is 4.35. The first-order valence-electron chi connectivity index (χ1n) is 9.62. The lowest BCUT2D eigenvalue weighted by molar-refractivity contribution is -0.893. The first-order valence-corrected chi connectivity index (χ1v) is 9.62. The number of hydrogen-bond acceptors (Lipinski definition) is 3. The van der Waals surface area contributed by atoms with Gasteiger partial charge in [-0.25, -0.2) is 0 Å². The van der Waals surface area contributed by atoms with Crippen LogP contribution in [0.15, 0.2) is 0 Å². The number of nitrogens with zero attached hydrogens (tertiary/aromatic N) is 1. The second kappa shape index (κ2) is 10.3. The molecule has 0 atom stereocenters. The minimum absolute atomic E-state index is 0.0650. The third-order valence-electron chi connectivity index (χ3n) is 5.56. The molecule has 2 rings (SSSR count). The normalized spacial score (nSPS) is 20.8. The quantitative estimate of drug-likeness (QED) is 0.603. The van der Waals surface area contributed by atoms with Crippen molar-refractivity contribution in [1.29, 1.82) is 0 Å². The third kappa shape index (κ3) is 5.73. The van der Waals surface area contributed by atoms with E-state index >= 15 is 0 Å². The molecule has 5 nitrogen and oxygen atoms in total. The van der Waals surface area contributed by atoms with Crippen LogP contribution in [0.2, 0.25) is 0 Å². The van der Waals surface area contributed by atoms with Crippen LogP contribution in [0.3, 0.4) is 0 Å². The molecule has 134 valence electrons. The topological polar surface area (TPSA) is 65.2 Å². The minimum atomic E-state index is 0.0650. The van der Waals surface area contributed by atoms with Gasteiger partial charge in [-0.3, -0.25) is 4.79 Å². The summed E-state index contributed by atoms with van der Waals surface area (Å²) in [6.07, 6.45) is 12.2. The number of carbonyl (C=O) groups is 1. The molecule has 2 saturated carbocycles. The van der Waals surface area contributed by atoms with Crippen LogP contribution in [0, 0.1) is 0 Å². The molecule has 5 heteroatoms. The fraction of sp³-hybridized carbons (Fsp3) is 0.944. The predicted molar refractivity (Wildman–Crippen MR) is 90.3 cm³/mol. The Balaban J connectivity index is 2.02. The van der Waals surface area contributed by atoms with Crippen LogP contribution in [0.5, 0.6) is 0 Å². The van der Waals surface area contributed by atoms with E-state index in [2.05, 4.69) is 4.90 Å². The summed E-state index contributed by atoms with van der Waals surface area (Å²) in [5.74, 6) is 0.237. The van der Waals surface area contributed by atoms with Crippen molar-refractivity contribution in [2.75, 3.05) is 32.8 Å². The van der Waals surface area contributed by atoms with Gasteiger partial charge in [0, 0.05) is 12.1 Å². The molecule has 0 aromatic heterocycles. The molecule has 0 aromatic rings. The molecule has 3 N–H and O–H groups in total. The van der Waals surface area contributed by atoms with Gasteiger partial charge in [0.05, 0.1) is 13.2 Å². The van der Waals surface area contributed by atoms with Crippen molar-refractivity contribution in [2.24, 2.45) is 0 Å². The van der Waals surface area contributed by atoms with Crippen LogP contribution in [-0.4, -0.2) is 66.0 Å². The Kier molecular flexibility index (Phi) is 8.34. The highest BCUT2D eigenvalue weighted by molar-refractivity contribution is 5.77. The van der Waals surface area contributed by atoms with Crippen molar-refractivity contribution >= 4 is 5.91 Å². The van der Waals surface area contributed by atoms with Gasteiger partial charge in [-0.2, -0.15) is 0 Å². The van der Waals surface area contributed by atoms with Gasteiger partial charge >= 0.3 is 0 Å². The average Bonchev–Trinajstić information content (AvgIpc) is 2.57. The summed E-state index contributed by atoms with van der Waals surface area (Å²) in [7, 11) is 0. The summed E-state index contributed by atoms with van der Waals surface area (Å²) in [5, 5.41) is 18.4. The van der Waals surface area contributed by atoms with Crippen molar-refractivity contribution < 1.29 is 19.9 Å². The number of aliphatic hydroxyl groups excluding tert-OH is 2. The maximum Gasteiger partial charge on any atom is 0.278 e. The summed E-state index contributed by atoms with van der Waals surface area (Å²) >= 11 is 0. The lowest BCUT2D eigenvalue weighted by atomic mass is 9.88. The molecule has 0 spiro atoms. The second-order valence-corrected chi connectivity index (χ2v) is 7.26. The summed E-state index contributed by atoms with van der Waals surface area (Å²) in [4.78, 5) is 16.3. The Hall–Kier alpha value is -0.650. The molecule has 0 heterocycles. The van der Waals surface area contributed by atoms with Gasteiger partial charge in [0.2, 0.25) is 0 Å². The summed E-state index contributed by atoms with van der Waals surface area (Å²) in [6, 6.07) is 0.840. The van der Waals surface area contributed by atoms with Crippen LogP contribution < -0.4 is 4.90 Å². The van der Waals surface area contributed by atoms with Gasteiger partial charge in [-0.05, 0) is 25.7 Å². The van der Waals surface area contributed by atoms with Crippen LogP contribution in [0.25, 0.3) is 0 Å². The van der Waals surface area contributed by atoms with E-state index in [1.807, 2.05) is 0 Å². The van der Waals surface area contributed by atoms with E-state index < -0.39 is 0 Å². The van der Waals surface area contributed by atoms with E-state index in [0.29, 0.717) is 31.7 Å². The molecule has 1 amide bonds. The average molecular weight is 327 g/mol. The predicted octanol–water partition coefficient (Wildman–Crippen LogP) is 0.350. The van der Waals surface area contributed by atoms with E-state index in [4.69, 9.17) is 0 Å². The minimum Gasteiger partial charge on any atom is -0.391 e. The Bertz CT molecular complexity index is 315. The fourth-order valence-corrected chi connectivity index (χ4v) is 4.35. The van der Waals surface area contributed by atoms with Crippen LogP contribution in [0.4, 0.5) is 0 Å². The number of quaternary nitrogens is 1. The maximum atomic E-state index is 13.0. The molecular formula is C18H35N2O3+. The zero-order valence-corrected chi connectivity index (χ0v) is 14.5. The Morgan fingerprint density at radius 3 is 1.65 bits per heavy atom. The molecule has 0 bridgehead atoms. The second-order valence-electron chi connectivity index (χ2n) is 7.26. The highest BCUT2D eigenvalue weighted by atomic mass is 16.3. The van der Waals surface area contributed by atoms with E-state index in [0.717, 1.165) is 30.6 Å². The van der Waals surface area contributed by atoms with E-state index in [1.165, 1.54) is 38.5 Å². The smallest absolute Gasteiger partial charge is 0.278 e. The van der Waals surface area contributed by atoms with Gasteiger partial charge < -0.3 is 20.0 Å². The molecule has 23 heavy (non-hydrogen) atoms. The highest BCUT2D eigenvalue weighted by Crippen LogP contribution is 2.30. The van der Waals surface area contributed by atoms with Gasteiger partial charge in [0.25, 0.3) is 5.91 Å². The zero-order valence-electron chi connectivity index (χ0n) is 14.5. The number of aliphatic hydroxyl groups is 2. The summed E-state index contributed by atoms with van der Waals surface area (Å²) < 4.78 is 0. The molecule has 2 aliphatic rings. The largest absolute Gasteiger partial charge is 0.391 e. The van der Waals surface area contributed by atoms with Gasteiger partial charge in [-0.15, -0.1) is 0 Å². The Morgan fingerprint density at radius 1 is 0.826 bits per heavy atom. The van der Waals surface area contributed by atoms with Crippen molar-refractivity contribution in [2.45, 2.75) is 76.3 Å². The van der Waals surface area contributed by atoms with Crippen molar-refractivity contribution in [3.63, 3.8) is 0 Å². The Labute approximate surface area is 140 Å². The highest BCUT2D eigenvalue weighted by Gasteiger charge is 2.33. The van der Waals surface area contributed by atoms with E-state index in [1.54, 1.807) is 0 Å². The zero-order chi connectivity index (χ0) is 16.5. The standard InChI is InChI=1S/C18H34N2O3/c21-13-11-19(12-14-22)15-18(23)20(16-7-3-1-4-8-16)17-9-5-2-6-10-17/h16-17,21-22H,1-15H2/p+1. The van der Waals surface area contributed by atoms with Crippen LogP contribution in [-0.2, 0) is 4.79 Å². The lowest BCUT2D eigenvalue weighted by Crippen LogP contribution is -3.14. The number of carbonyl (C=O) groups excluding carboxylic acids is 1. The van der Waals surface area contributed by atoms with E-state index in [9.17, 15) is 15.0 Å². The summed E-state index contributed by atoms with van der Waals surface area (Å²) in [6.45, 7) is 1.62. The number of nitrogens with one attached hydrogen (secondary N) is 1. The lowest BCUT2D eigenvalue weighted by Gasteiger charge is -2.42. The van der Waals surface area contributed by atoms with Crippen molar-refractivity contribution in [3.05, 3.63) is 0 Å². The maximum absolute atomic E-state index is 13.0. The van der Waals surface area contributed by atoms with Crippen LogP contribution >= 0.6 is 0 Å². The number of amides is 1. The summed E-state index contributed by atoms with van der Waals surface area (Å²) in [5.41, 5.74) is 0. The van der Waals surface area contributed by atoms with Crippen molar-refractivity contribution in [1.82, 2.24) is 4.90 Å². The first-order chi connectivity index (χ1) is 11.3. The first kappa shape index (κ1) is 18.7. The van der Waals surface area contributed by atoms with Gasteiger partial charge in [0.1, 0.15) is 13.1 Å². The molecule has 2 aliphatic carbocycles. The van der Waals surface area contributed by atoms with Crippen LogP contribution in [0.1, 0.15) is 64.2 Å². The van der Waals surface area contributed by atoms with Gasteiger partial charge in [-0.1, -0.05) is 38.5 Å². The SMILES string of the molecule is O=C(C[NH+](CCO)CCO)N(C1CCCCC1)C1CCCCC1. The molecule has 0 saturated heterocycles. The molecule has 0 aromatic carbocycles. The molecular weight excluding hydrogens is 292 g/mol.